The van der Waals surface area contributed by atoms with Crippen LogP contribution in [0.3, 0.4) is 0 Å². The van der Waals surface area contributed by atoms with Crippen molar-refractivity contribution in [2.24, 2.45) is 0 Å². The number of hydrogen-bond acceptors (Lipinski definition) is 3. The summed E-state index contributed by atoms with van der Waals surface area (Å²) < 4.78 is 5.03. The maximum Gasteiger partial charge on any atom is 0.0616 e. The van der Waals surface area contributed by atoms with E-state index < -0.39 is 0 Å². The van der Waals surface area contributed by atoms with Crippen LogP contribution in [0.25, 0.3) is 102 Å². The molecule has 73 heavy (non-hydrogen) atoms. The predicted molar refractivity (Wildman–Crippen MR) is 312 cm³/mol. The second-order valence-electron chi connectivity index (χ2n) is 19.9. The van der Waals surface area contributed by atoms with E-state index in [2.05, 4.69) is 246 Å². The topological polar surface area (TPSA) is 8.17 Å². The zero-order valence-corrected chi connectivity index (χ0v) is 41.4. The molecule has 12 aromatic carbocycles. The molecule has 0 bridgehead atoms. The predicted octanol–water partition coefficient (Wildman–Crippen LogP) is 20.0. The lowest BCUT2D eigenvalue weighted by Crippen LogP contribution is -2.15. The van der Waals surface area contributed by atoms with Crippen molar-refractivity contribution in [2.45, 2.75) is 28.6 Å². The molecule has 1 atom stereocenters. The van der Waals surface area contributed by atoms with Crippen molar-refractivity contribution in [1.82, 2.24) is 4.57 Å². The summed E-state index contributed by atoms with van der Waals surface area (Å²) in [5.41, 5.74) is 16.5. The molecule has 14 aromatic rings. The van der Waals surface area contributed by atoms with Crippen molar-refractivity contribution < 1.29 is 0 Å². The summed E-state index contributed by atoms with van der Waals surface area (Å²) in [4.78, 5) is 5.09. The van der Waals surface area contributed by atoms with E-state index in [1.807, 2.05) is 23.1 Å². The van der Waals surface area contributed by atoms with Crippen LogP contribution in [-0.2, 0) is 6.42 Å². The molecule has 4 heteroatoms. The van der Waals surface area contributed by atoms with Gasteiger partial charge in [0.2, 0.25) is 0 Å². The maximum absolute atomic E-state index is 2.55. The Morgan fingerprint density at radius 1 is 0.370 bits per heavy atom. The van der Waals surface area contributed by atoms with Gasteiger partial charge in [-0.15, -0.1) is 11.3 Å². The number of thiophene rings is 1. The highest BCUT2D eigenvalue weighted by molar-refractivity contribution is 7.99. The quantitative estimate of drug-likeness (QED) is 0.162. The van der Waals surface area contributed by atoms with Crippen LogP contribution in [0.4, 0.5) is 17.1 Å². The summed E-state index contributed by atoms with van der Waals surface area (Å²) >= 11 is 3.82. The van der Waals surface area contributed by atoms with Crippen molar-refractivity contribution in [3.8, 4) is 27.9 Å². The van der Waals surface area contributed by atoms with Crippen LogP contribution in [0.1, 0.15) is 29.0 Å². The summed E-state index contributed by atoms with van der Waals surface area (Å²) in [5.74, 6) is 0.265. The fraction of sp³-hybridized carbons (Fsp3) is 0.0435. The van der Waals surface area contributed by atoms with E-state index in [9.17, 15) is 0 Å². The van der Waals surface area contributed by atoms with Gasteiger partial charge in [0.15, 0.2) is 0 Å². The van der Waals surface area contributed by atoms with Crippen molar-refractivity contribution in [3.63, 3.8) is 0 Å². The van der Waals surface area contributed by atoms with Gasteiger partial charge in [0.25, 0.3) is 0 Å². The molecule has 0 N–H and O–H groups in total. The minimum atomic E-state index is 0.265. The van der Waals surface area contributed by atoms with Gasteiger partial charge in [0.05, 0.1) is 22.4 Å². The number of nitrogens with zero attached hydrogens (tertiary/aromatic N) is 2. The summed E-state index contributed by atoms with van der Waals surface area (Å²) in [6, 6.07) is 89.2. The first kappa shape index (κ1) is 41.2. The smallest absolute Gasteiger partial charge is 0.0616 e. The van der Waals surface area contributed by atoms with Crippen LogP contribution in [0.2, 0.25) is 0 Å². The second kappa shape index (κ2) is 16.0. The number of benzene rings is 12. The van der Waals surface area contributed by atoms with E-state index in [4.69, 9.17) is 0 Å². The van der Waals surface area contributed by atoms with Gasteiger partial charge in [-0.3, -0.25) is 0 Å². The average molecular weight is 965 g/mol. The van der Waals surface area contributed by atoms with E-state index in [1.54, 1.807) is 0 Å². The monoisotopic (exact) mass is 964 g/mol. The molecular weight excluding hydrogens is 921 g/mol. The molecule has 0 spiro atoms. The Labute approximate surface area is 431 Å². The minimum Gasteiger partial charge on any atom is -0.309 e. The number of aryl methyl sites for hydroxylation is 1. The van der Waals surface area contributed by atoms with Gasteiger partial charge in [-0.25, -0.2) is 0 Å². The molecule has 2 nitrogen and oxygen atoms in total. The average Bonchev–Trinajstić information content (AvgIpc) is 3.92. The van der Waals surface area contributed by atoms with Gasteiger partial charge in [-0.05, 0) is 169 Å². The summed E-state index contributed by atoms with van der Waals surface area (Å²) in [6.45, 7) is 0. The van der Waals surface area contributed by atoms with Crippen LogP contribution in [-0.4, -0.2) is 4.57 Å². The molecular formula is C69H44N2S2. The molecule has 342 valence electrons. The zero-order valence-electron chi connectivity index (χ0n) is 39.7. The molecule has 16 rings (SSSR count). The van der Waals surface area contributed by atoms with Crippen LogP contribution in [0.15, 0.2) is 246 Å². The Hall–Kier alpha value is -8.41. The number of anilines is 3. The SMILES string of the molecule is c1ccc(C2CCc3ccc(-c4ccc5c(c4)c4ccccc4n5-c4ccccc4)cc3-c3cc(N4c5ccccc5Sc5cc6c(cc54)sc4cc5c7ccccc7c7ccccc7c5cc46)ccc32)cc1. The third-order valence-corrected chi connectivity index (χ3v) is 18.2. The minimum absolute atomic E-state index is 0.265. The lowest BCUT2D eigenvalue weighted by Gasteiger charge is -2.33. The highest BCUT2D eigenvalue weighted by atomic mass is 32.2. The van der Waals surface area contributed by atoms with Crippen LogP contribution < -0.4 is 4.90 Å². The molecule has 1 aliphatic heterocycles. The third kappa shape index (κ3) is 6.31. The Bertz CT molecular complexity index is 4600. The molecule has 2 aliphatic rings. The van der Waals surface area contributed by atoms with Crippen molar-refractivity contribution in [3.05, 3.63) is 253 Å². The van der Waals surface area contributed by atoms with Crippen LogP contribution in [0, 0.1) is 0 Å². The van der Waals surface area contributed by atoms with Crippen molar-refractivity contribution in [2.75, 3.05) is 4.90 Å². The molecule has 1 unspecified atom stereocenters. The Balaban J connectivity index is 0.881. The van der Waals surface area contributed by atoms with Gasteiger partial charge in [0, 0.05) is 58.0 Å². The lowest BCUT2D eigenvalue weighted by atomic mass is 9.85. The molecule has 3 heterocycles. The second-order valence-corrected chi connectivity index (χ2v) is 22.0. The number of aromatic nitrogens is 1. The van der Waals surface area contributed by atoms with Gasteiger partial charge in [-0.2, -0.15) is 0 Å². The first-order valence-corrected chi connectivity index (χ1v) is 27.0. The summed E-state index contributed by atoms with van der Waals surface area (Å²) in [5, 5.41) is 13.1. The highest BCUT2D eigenvalue weighted by Crippen LogP contribution is 2.55. The van der Waals surface area contributed by atoms with Gasteiger partial charge >= 0.3 is 0 Å². The van der Waals surface area contributed by atoms with Crippen LogP contribution >= 0.6 is 23.1 Å². The Morgan fingerprint density at radius 2 is 1.00 bits per heavy atom. The molecule has 2 aromatic heterocycles. The molecule has 0 amide bonds. The van der Waals surface area contributed by atoms with E-state index in [0.717, 1.165) is 12.8 Å². The van der Waals surface area contributed by atoms with Gasteiger partial charge in [0.1, 0.15) is 0 Å². The van der Waals surface area contributed by atoms with E-state index in [0.29, 0.717) is 0 Å². The first-order valence-electron chi connectivity index (χ1n) is 25.4. The van der Waals surface area contributed by atoms with Gasteiger partial charge < -0.3 is 9.47 Å². The van der Waals surface area contributed by atoms with Gasteiger partial charge in [-0.1, -0.05) is 163 Å². The normalized spacial score (nSPS) is 14.2. The number of para-hydroxylation sites is 3. The molecule has 0 saturated carbocycles. The molecule has 0 radical (unpaired) electrons. The van der Waals surface area contributed by atoms with E-state index in [1.165, 1.54) is 146 Å². The summed E-state index contributed by atoms with van der Waals surface area (Å²) in [7, 11) is 0. The van der Waals surface area contributed by atoms with E-state index in [-0.39, 0.29) is 5.92 Å². The Kier molecular flexibility index (Phi) is 9.06. The molecule has 0 saturated heterocycles. The standard InChI is InChI=1S/C69H44N2S2/c1-3-15-42(16-4-1)48-32-29-43-27-28-44(45-30-34-63-59(36-45)54-23-11-12-24-62(54)70(63)46-17-5-2-6-18-46)35-55(43)56-37-47(31-33-53(48)56)71-64-25-13-14-26-66(64)72-69-40-61-60-38-57-51-21-9-7-19-49(51)50-20-8-10-22-52(50)58(57)39-67(60)73-68(61)41-65(69)71/h1-28,30-31,33-41,48H,29,32H2. The number of fused-ring (bicyclic) bond motifs is 17. The molecule has 1 aliphatic carbocycles. The maximum atomic E-state index is 2.55. The highest BCUT2D eigenvalue weighted by Gasteiger charge is 2.30. The fourth-order valence-electron chi connectivity index (χ4n) is 12.6. The zero-order chi connectivity index (χ0) is 47.7. The fourth-order valence-corrected chi connectivity index (χ4v) is 14.9. The largest absolute Gasteiger partial charge is 0.309 e. The lowest BCUT2D eigenvalue weighted by molar-refractivity contribution is 0.726. The van der Waals surface area contributed by atoms with Crippen LogP contribution in [0.5, 0.6) is 0 Å². The Morgan fingerprint density at radius 3 is 1.81 bits per heavy atom. The third-order valence-electron chi connectivity index (χ3n) is 16.0. The van der Waals surface area contributed by atoms with Crippen molar-refractivity contribution in [1.29, 1.82) is 0 Å². The van der Waals surface area contributed by atoms with Crippen molar-refractivity contribution >= 4 is 114 Å². The number of rotatable bonds is 4. The summed E-state index contributed by atoms with van der Waals surface area (Å²) in [6.07, 6.45) is 2.05. The van der Waals surface area contributed by atoms with E-state index >= 15 is 0 Å². The first-order chi connectivity index (χ1) is 36.2. The molecule has 0 fully saturated rings. The number of hydrogen-bond donors (Lipinski definition) is 0.